The number of para-hydroxylation sites is 1. The van der Waals surface area contributed by atoms with E-state index in [1.54, 1.807) is 6.07 Å². The second kappa shape index (κ2) is 6.11. The molecular weight excluding hydrogens is 251 g/mol. The van der Waals surface area contributed by atoms with Gasteiger partial charge in [-0.05, 0) is 37.2 Å². The first-order valence-electron chi connectivity index (χ1n) is 6.19. The summed E-state index contributed by atoms with van der Waals surface area (Å²) in [6, 6.07) is 5.00. The Labute approximate surface area is 111 Å². The number of aromatic nitrogens is 2. The molecule has 2 aromatic rings. The summed E-state index contributed by atoms with van der Waals surface area (Å²) in [6.45, 7) is 4.32. The molecule has 0 unspecified atom stereocenters. The van der Waals surface area contributed by atoms with Gasteiger partial charge >= 0.3 is 0 Å². The van der Waals surface area contributed by atoms with Crippen molar-refractivity contribution in [2.24, 2.45) is 0 Å². The number of fused-ring (bicyclic) bond motifs is 1. The van der Waals surface area contributed by atoms with E-state index in [0.29, 0.717) is 16.9 Å². The topological polar surface area (TPSA) is 29.9 Å². The lowest BCUT2D eigenvalue weighted by molar-refractivity contribution is 0.129. The highest BCUT2D eigenvalue weighted by atomic mass is 32.1. The fourth-order valence-electron chi connectivity index (χ4n) is 1.94. The third kappa shape index (κ3) is 2.79. The molecule has 0 amide bonds. The Morgan fingerprint density at radius 1 is 1.39 bits per heavy atom. The summed E-state index contributed by atoms with van der Waals surface area (Å²) in [7, 11) is 0. The standard InChI is InChI=1S/C13H17FN2OS/c1-2-8-17-9-4-7-16-11-6-3-5-10(14)12(11)15-13(16)18/h3,5-6H,2,4,7-9H2,1H3,(H,15,18). The van der Waals surface area contributed by atoms with Crippen LogP contribution in [0.4, 0.5) is 4.39 Å². The predicted molar refractivity (Wildman–Crippen MR) is 72.8 cm³/mol. The van der Waals surface area contributed by atoms with Crippen LogP contribution in [0.2, 0.25) is 0 Å². The van der Waals surface area contributed by atoms with Crippen LogP contribution in [0.15, 0.2) is 18.2 Å². The highest BCUT2D eigenvalue weighted by Crippen LogP contribution is 2.17. The van der Waals surface area contributed by atoms with Crippen LogP contribution in [0.1, 0.15) is 19.8 Å². The van der Waals surface area contributed by atoms with Crippen molar-refractivity contribution in [2.45, 2.75) is 26.3 Å². The average Bonchev–Trinajstić information content (AvgIpc) is 2.68. The first-order chi connectivity index (χ1) is 8.74. The maximum atomic E-state index is 13.6. The van der Waals surface area contributed by atoms with Gasteiger partial charge in [-0.25, -0.2) is 4.39 Å². The predicted octanol–water partition coefficient (Wildman–Crippen LogP) is 3.65. The first-order valence-corrected chi connectivity index (χ1v) is 6.59. The van der Waals surface area contributed by atoms with Gasteiger partial charge in [-0.1, -0.05) is 13.0 Å². The molecule has 1 aromatic heterocycles. The minimum absolute atomic E-state index is 0.264. The van der Waals surface area contributed by atoms with Crippen LogP contribution >= 0.6 is 12.2 Å². The number of imidazole rings is 1. The maximum absolute atomic E-state index is 13.6. The van der Waals surface area contributed by atoms with Gasteiger partial charge in [-0.3, -0.25) is 0 Å². The van der Waals surface area contributed by atoms with Gasteiger partial charge < -0.3 is 14.3 Å². The summed E-state index contributed by atoms with van der Waals surface area (Å²) in [6.07, 6.45) is 1.90. The van der Waals surface area contributed by atoms with Crippen molar-refractivity contribution in [3.05, 3.63) is 28.8 Å². The molecule has 0 saturated carbocycles. The number of benzene rings is 1. The van der Waals surface area contributed by atoms with Crippen LogP contribution in [0, 0.1) is 10.6 Å². The van der Waals surface area contributed by atoms with Gasteiger partial charge in [0.15, 0.2) is 4.77 Å². The van der Waals surface area contributed by atoms with Crippen molar-refractivity contribution in [2.75, 3.05) is 13.2 Å². The Hall–Kier alpha value is -1.20. The van der Waals surface area contributed by atoms with E-state index in [1.807, 2.05) is 10.6 Å². The second-order valence-corrected chi connectivity index (χ2v) is 4.57. The van der Waals surface area contributed by atoms with E-state index in [9.17, 15) is 4.39 Å². The lowest BCUT2D eigenvalue weighted by Crippen LogP contribution is -2.03. The zero-order valence-electron chi connectivity index (χ0n) is 10.4. The number of nitrogens with zero attached hydrogens (tertiary/aromatic N) is 1. The Kier molecular flexibility index (Phi) is 4.49. The number of ether oxygens (including phenoxy) is 1. The number of H-pyrrole nitrogens is 1. The maximum Gasteiger partial charge on any atom is 0.178 e. The van der Waals surface area contributed by atoms with Crippen LogP contribution in [0.25, 0.3) is 11.0 Å². The Bertz CT molecular complexity index is 576. The van der Waals surface area contributed by atoms with Crippen LogP contribution in [-0.4, -0.2) is 22.8 Å². The molecule has 0 spiro atoms. The SMILES string of the molecule is CCCOCCCn1c(=S)[nH]c2c(F)cccc21. The highest BCUT2D eigenvalue weighted by Gasteiger charge is 2.07. The summed E-state index contributed by atoms with van der Waals surface area (Å²) in [4.78, 5) is 2.91. The molecule has 1 heterocycles. The Morgan fingerprint density at radius 2 is 2.22 bits per heavy atom. The smallest absolute Gasteiger partial charge is 0.178 e. The number of rotatable bonds is 6. The molecule has 18 heavy (non-hydrogen) atoms. The number of hydrogen-bond donors (Lipinski definition) is 1. The fourth-order valence-corrected chi connectivity index (χ4v) is 2.23. The highest BCUT2D eigenvalue weighted by molar-refractivity contribution is 7.71. The van der Waals surface area contributed by atoms with Crippen LogP contribution in [0.3, 0.4) is 0 Å². The summed E-state index contributed by atoms with van der Waals surface area (Å²) < 4.78 is 21.5. The zero-order valence-corrected chi connectivity index (χ0v) is 11.2. The van der Waals surface area contributed by atoms with E-state index in [-0.39, 0.29) is 5.82 Å². The lowest BCUT2D eigenvalue weighted by Gasteiger charge is -2.05. The van der Waals surface area contributed by atoms with Crippen molar-refractivity contribution in [3.8, 4) is 0 Å². The Balaban J connectivity index is 2.11. The molecule has 1 aromatic carbocycles. The van der Waals surface area contributed by atoms with Gasteiger partial charge in [0.05, 0.1) is 5.52 Å². The van der Waals surface area contributed by atoms with Gasteiger partial charge in [0.2, 0.25) is 0 Å². The van der Waals surface area contributed by atoms with Crippen molar-refractivity contribution in [1.29, 1.82) is 0 Å². The van der Waals surface area contributed by atoms with Gasteiger partial charge in [0, 0.05) is 19.8 Å². The molecule has 0 aliphatic carbocycles. The molecular formula is C13H17FN2OS. The van der Waals surface area contributed by atoms with E-state index >= 15 is 0 Å². The fraction of sp³-hybridized carbons (Fsp3) is 0.462. The van der Waals surface area contributed by atoms with Gasteiger partial charge in [-0.15, -0.1) is 0 Å². The largest absolute Gasteiger partial charge is 0.381 e. The third-order valence-electron chi connectivity index (χ3n) is 2.78. The summed E-state index contributed by atoms with van der Waals surface area (Å²) >= 11 is 5.21. The van der Waals surface area contributed by atoms with Crippen LogP contribution < -0.4 is 0 Å². The minimum Gasteiger partial charge on any atom is -0.381 e. The number of hydrogen-bond acceptors (Lipinski definition) is 2. The molecule has 0 saturated heterocycles. The molecule has 3 nitrogen and oxygen atoms in total. The Morgan fingerprint density at radius 3 is 3.00 bits per heavy atom. The normalized spacial score (nSPS) is 11.2. The molecule has 98 valence electrons. The molecule has 5 heteroatoms. The molecule has 1 N–H and O–H groups in total. The van der Waals surface area contributed by atoms with Gasteiger partial charge in [0.1, 0.15) is 11.3 Å². The lowest BCUT2D eigenvalue weighted by atomic mass is 10.3. The van der Waals surface area contributed by atoms with Gasteiger partial charge in [0.25, 0.3) is 0 Å². The van der Waals surface area contributed by atoms with Gasteiger partial charge in [-0.2, -0.15) is 0 Å². The summed E-state index contributed by atoms with van der Waals surface area (Å²) in [5.41, 5.74) is 1.30. The monoisotopic (exact) mass is 268 g/mol. The quantitative estimate of drug-likeness (QED) is 0.640. The van der Waals surface area contributed by atoms with Crippen molar-refractivity contribution >= 4 is 23.3 Å². The molecule has 2 rings (SSSR count). The summed E-state index contributed by atoms with van der Waals surface area (Å²) in [5.74, 6) is -0.264. The van der Waals surface area contributed by atoms with Crippen molar-refractivity contribution < 1.29 is 9.13 Å². The number of halogens is 1. The summed E-state index contributed by atoms with van der Waals surface area (Å²) in [5, 5.41) is 0. The zero-order chi connectivity index (χ0) is 13.0. The van der Waals surface area contributed by atoms with Crippen molar-refractivity contribution in [3.63, 3.8) is 0 Å². The number of aryl methyl sites for hydroxylation is 1. The van der Waals surface area contributed by atoms with E-state index in [0.717, 1.165) is 31.5 Å². The van der Waals surface area contributed by atoms with Crippen LogP contribution in [-0.2, 0) is 11.3 Å². The van der Waals surface area contributed by atoms with E-state index in [2.05, 4.69) is 11.9 Å². The minimum atomic E-state index is -0.264. The second-order valence-electron chi connectivity index (χ2n) is 4.18. The molecule has 0 radical (unpaired) electrons. The van der Waals surface area contributed by atoms with E-state index < -0.39 is 0 Å². The molecule has 0 fully saturated rings. The molecule has 0 bridgehead atoms. The third-order valence-corrected chi connectivity index (χ3v) is 3.10. The van der Waals surface area contributed by atoms with Crippen molar-refractivity contribution in [1.82, 2.24) is 9.55 Å². The molecule has 0 atom stereocenters. The number of aromatic amines is 1. The van der Waals surface area contributed by atoms with E-state index in [1.165, 1.54) is 6.07 Å². The molecule has 0 aliphatic rings. The van der Waals surface area contributed by atoms with Crippen LogP contribution in [0.5, 0.6) is 0 Å². The van der Waals surface area contributed by atoms with E-state index in [4.69, 9.17) is 17.0 Å². The molecule has 0 aliphatic heterocycles. The number of nitrogens with one attached hydrogen (secondary N) is 1. The average molecular weight is 268 g/mol. The first kappa shape index (κ1) is 13.2.